The maximum atomic E-state index is 12.9. The van der Waals surface area contributed by atoms with E-state index in [9.17, 15) is 9.90 Å². The van der Waals surface area contributed by atoms with E-state index in [2.05, 4.69) is 6.92 Å². The number of hydrogen-bond donors (Lipinski definition) is 1. The van der Waals surface area contributed by atoms with E-state index >= 15 is 0 Å². The number of rotatable bonds is 4. The summed E-state index contributed by atoms with van der Waals surface area (Å²) in [6.07, 6.45) is 2.89. The molecule has 0 radical (unpaired) electrons. The molecule has 0 bridgehead atoms. The highest BCUT2D eigenvalue weighted by molar-refractivity contribution is 6.42. The van der Waals surface area contributed by atoms with Crippen LogP contribution in [0, 0.1) is 0 Å². The first-order chi connectivity index (χ1) is 12.1. The number of carbonyl (C=O) groups excluding carboxylic acids is 1. The predicted molar refractivity (Wildman–Crippen MR) is 106 cm³/mol. The molecule has 1 saturated heterocycles. The fourth-order valence-electron chi connectivity index (χ4n) is 3.76. The summed E-state index contributed by atoms with van der Waals surface area (Å²) in [5.41, 5.74) is -0.614. The first-order valence-corrected chi connectivity index (χ1v) is 10.00. The van der Waals surface area contributed by atoms with Crippen molar-refractivity contribution in [3.05, 3.63) is 33.8 Å². The Bertz CT molecular complexity index is 640. The number of carbonyl (C=O) groups is 1. The van der Waals surface area contributed by atoms with Gasteiger partial charge in [-0.15, -0.1) is 0 Å². The zero-order valence-corrected chi connectivity index (χ0v) is 17.5. The highest BCUT2D eigenvalue weighted by Crippen LogP contribution is 2.44. The number of amides is 1. The topological polar surface area (TPSA) is 49.8 Å². The number of likely N-dealkylation sites (tertiary alicyclic amines) is 1. The summed E-state index contributed by atoms with van der Waals surface area (Å²) < 4.78 is 5.64. The molecule has 1 aliphatic heterocycles. The molecule has 6 heteroatoms. The molecule has 1 aromatic carbocycles. The van der Waals surface area contributed by atoms with Crippen LogP contribution in [0.1, 0.15) is 71.5 Å². The van der Waals surface area contributed by atoms with E-state index in [1.165, 1.54) is 0 Å². The number of piperidine rings is 1. The van der Waals surface area contributed by atoms with Crippen LogP contribution < -0.4 is 0 Å². The summed E-state index contributed by atoms with van der Waals surface area (Å²) in [5.74, 6) is 0. The Morgan fingerprint density at radius 1 is 1.31 bits per heavy atom. The summed E-state index contributed by atoms with van der Waals surface area (Å²) in [6, 6.07) is 5.15. The maximum absolute atomic E-state index is 12.9. The minimum Gasteiger partial charge on any atom is -0.444 e. The Hall–Kier alpha value is -0.970. The first-order valence-electron chi connectivity index (χ1n) is 9.24. The van der Waals surface area contributed by atoms with Crippen LogP contribution in [0.15, 0.2) is 18.2 Å². The van der Waals surface area contributed by atoms with Crippen molar-refractivity contribution in [2.24, 2.45) is 0 Å². The molecule has 4 nitrogen and oxygen atoms in total. The van der Waals surface area contributed by atoms with Crippen molar-refractivity contribution in [2.45, 2.75) is 77.0 Å². The third-order valence-electron chi connectivity index (χ3n) is 4.84. The molecule has 0 aliphatic carbocycles. The van der Waals surface area contributed by atoms with Crippen molar-refractivity contribution in [1.82, 2.24) is 4.90 Å². The van der Waals surface area contributed by atoms with E-state index in [1.54, 1.807) is 23.1 Å². The molecule has 1 fully saturated rings. The van der Waals surface area contributed by atoms with Gasteiger partial charge < -0.3 is 9.84 Å². The Morgan fingerprint density at radius 3 is 2.58 bits per heavy atom. The third-order valence-corrected chi connectivity index (χ3v) is 5.58. The van der Waals surface area contributed by atoms with Crippen LogP contribution in [0.4, 0.5) is 4.79 Å². The molecule has 2 unspecified atom stereocenters. The van der Waals surface area contributed by atoms with Gasteiger partial charge >= 0.3 is 6.09 Å². The molecule has 146 valence electrons. The molecule has 0 aromatic heterocycles. The van der Waals surface area contributed by atoms with Crippen LogP contribution in [-0.2, 0) is 4.74 Å². The van der Waals surface area contributed by atoms with Gasteiger partial charge in [-0.2, -0.15) is 0 Å². The van der Waals surface area contributed by atoms with Crippen molar-refractivity contribution in [3.8, 4) is 0 Å². The number of aliphatic hydroxyl groups is 1. The van der Waals surface area contributed by atoms with Crippen LogP contribution >= 0.6 is 23.2 Å². The number of aliphatic hydroxyl groups excluding tert-OH is 1. The van der Waals surface area contributed by atoms with Crippen LogP contribution in [-0.4, -0.2) is 33.8 Å². The predicted octanol–water partition coefficient (Wildman–Crippen LogP) is 5.99. The van der Waals surface area contributed by atoms with Crippen molar-refractivity contribution in [2.75, 3.05) is 6.54 Å². The fraction of sp³-hybridized carbons (Fsp3) is 0.650. The van der Waals surface area contributed by atoms with Gasteiger partial charge in [-0.3, -0.25) is 4.90 Å². The monoisotopic (exact) mass is 401 g/mol. The van der Waals surface area contributed by atoms with Gasteiger partial charge in [-0.1, -0.05) is 42.6 Å². The lowest BCUT2D eigenvalue weighted by Gasteiger charge is -2.50. The van der Waals surface area contributed by atoms with Gasteiger partial charge in [0.25, 0.3) is 0 Å². The van der Waals surface area contributed by atoms with E-state index in [0.717, 1.165) is 25.7 Å². The van der Waals surface area contributed by atoms with Gasteiger partial charge in [-0.05, 0) is 64.2 Å². The van der Waals surface area contributed by atoms with Crippen molar-refractivity contribution in [3.63, 3.8) is 0 Å². The van der Waals surface area contributed by atoms with Gasteiger partial charge in [0.15, 0.2) is 0 Å². The highest BCUT2D eigenvalue weighted by Gasteiger charge is 2.48. The minimum absolute atomic E-state index is 0.371. The number of ether oxygens (including phenoxy) is 1. The SMILES string of the molecule is CCCC1(C(O)c2ccc(Cl)c(Cl)c2)CCCCN1C(=O)OC(C)(C)C. The highest BCUT2D eigenvalue weighted by atomic mass is 35.5. The average Bonchev–Trinajstić information content (AvgIpc) is 2.55. The molecule has 0 spiro atoms. The lowest BCUT2D eigenvalue weighted by atomic mass is 9.76. The summed E-state index contributed by atoms with van der Waals surface area (Å²) in [7, 11) is 0. The van der Waals surface area contributed by atoms with E-state index in [1.807, 2.05) is 20.8 Å². The van der Waals surface area contributed by atoms with Gasteiger partial charge in [0, 0.05) is 6.54 Å². The number of benzene rings is 1. The normalized spacial score (nSPS) is 22.2. The summed E-state index contributed by atoms with van der Waals surface area (Å²) >= 11 is 12.2. The fourth-order valence-corrected chi connectivity index (χ4v) is 4.06. The molecule has 1 N–H and O–H groups in total. The molecule has 26 heavy (non-hydrogen) atoms. The number of hydrogen-bond acceptors (Lipinski definition) is 3. The minimum atomic E-state index is -0.856. The van der Waals surface area contributed by atoms with Crippen LogP contribution in [0.5, 0.6) is 0 Å². The van der Waals surface area contributed by atoms with E-state index in [0.29, 0.717) is 28.6 Å². The second-order valence-electron chi connectivity index (χ2n) is 8.02. The molecule has 2 atom stereocenters. The first kappa shape index (κ1) is 21.3. The van der Waals surface area contributed by atoms with Gasteiger partial charge in [0.2, 0.25) is 0 Å². The molecular weight excluding hydrogens is 373 g/mol. The van der Waals surface area contributed by atoms with Crippen molar-refractivity contribution >= 4 is 29.3 Å². The van der Waals surface area contributed by atoms with Crippen molar-refractivity contribution < 1.29 is 14.6 Å². The van der Waals surface area contributed by atoms with E-state index < -0.39 is 17.2 Å². The Labute approximate surface area is 166 Å². The standard InChI is InChI=1S/C20H29Cl2NO3/c1-5-10-20(17(24)14-8-9-15(21)16(22)13-14)11-6-7-12-23(20)18(25)26-19(2,3)4/h8-9,13,17,24H,5-7,10-12H2,1-4H3. The molecular formula is C20H29Cl2NO3. The summed E-state index contributed by atoms with van der Waals surface area (Å²) in [4.78, 5) is 14.6. The summed E-state index contributed by atoms with van der Waals surface area (Å²) in [6.45, 7) is 8.20. The average molecular weight is 402 g/mol. The van der Waals surface area contributed by atoms with Gasteiger partial charge in [0.1, 0.15) is 11.7 Å². The second kappa shape index (κ2) is 8.37. The second-order valence-corrected chi connectivity index (χ2v) is 8.83. The zero-order valence-electron chi connectivity index (χ0n) is 16.0. The quantitative estimate of drug-likeness (QED) is 0.673. The zero-order chi connectivity index (χ0) is 19.5. The molecule has 1 amide bonds. The Morgan fingerprint density at radius 2 is 2.00 bits per heavy atom. The Balaban J connectivity index is 2.42. The summed E-state index contributed by atoms with van der Waals surface area (Å²) in [5, 5.41) is 12.2. The third kappa shape index (κ3) is 4.65. The Kier molecular flexibility index (Phi) is 6.86. The molecule has 0 saturated carbocycles. The molecule has 2 rings (SSSR count). The number of halogens is 2. The molecule has 1 aliphatic rings. The number of nitrogens with zero attached hydrogens (tertiary/aromatic N) is 1. The maximum Gasteiger partial charge on any atom is 0.410 e. The van der Waals surface area contributed by atoms with Crippen LogP contribution in [0.25, 0.3) is 0 Å². The van der Waals surface area contributed by atoms with Gasteiger partial charge in [0.05, 0.1) is 15.6 Å². The molecule has 1 heterocycles. The lowest BCUT2D eigenvalue weighted by molar-refractivity contribution is -0.0722. The van der Waals surface area contributed by atoms with E-state index in [4.69, 9.17) is 27.9 Å². The smallest absolute Gasteiger partial charge is 0.410 e. The largest absolute Gasteiger partial charge is 0.444 e. The van der Waals surface area contributed by atoms with Crippen LogP contribution in [0.2, 0.25) is 10.0 Å². The van der Waals surface area contributed by atoms with Crippen LogP contribution in [0.3, 0.4) is 0 Å². The van der Waals surface area contributed by atoms with E-state index in [-0.39, 0.29) is 6.09 Å². The van der Waals surface area contributed by atoms with Crippen molar-refractivity contribution in [1.29, 1.82) is 0 Å². The van der Waals surface area contributed by atoms with Gasteiger partial charge in [-0.25, -0.2) is 4.79 Å². The lowest BCUT2D eigenvalue weighted by Crippen LogP contribution is -2.58. The molecule has 1 aromatic rings.